The summed E-state index contributed by atoms with van der Waals surface area (Å²) in [7, 11) is 1.59. The molecule has 1 unspecified atom stereocenters. The second-order valence-corrected chi connectivity index (χ2v) is 7.36. The van der Waals surface area contributed by atoms with Crippen LogP contribution in [0.5, 0.6) is 5.88 Å². The Kier molecular flexibility index (Phi) is 4.94. The average molecular weight is 398 g/mol. The molecule has 1 atom stereocenters. The van der Waals surface area contributed by atoms with E-state index in [0.717, 1.165) is 32.3 Å². The van der Waals surface area contributed by atoms with Crippen LogP contribution in [0.25, 0.3) is 21.1 Å². The van der Waals surface area contributed by atoms with Gasteiger partial charge in [0.1, 0.15) is 11.9 Å². The highest BCUT2D eigenvalue weighted by molar-refractivity contribution is 7.19. The van der Waals surface area contributed by atoms with E-state index in [1.165, 1.54) is 0 Å². The van der Waals surface area contributed by atoms with E-state index >= 15 is 0 Å². The highest BCUT2D eigenvalue weighted by Gasteiger charge is 2.21. The highest BCUT2D eigenvalue weighted by atomic mass is 35.5. The number of aromatic nitrogens is 3. The van der Waals surface area contributed by atoms with Crippen molar-refractivity contribution >= 4 is 22.9 Å². The van der Waals surface area contributed by atoms with Gasteiger partial charge in [0.25, 0.3) is 0 Å². The Bertz CT molecular complexity index is 1050. The van der Waals surface area contributed by atoms with Gasteiger partial charge in [0.05, 0.1) is 12.0 Å². The molecular formula is C20H16ClN3O2S. The molecule has 0 aliphatic carbocycles. The fraction of sp³-hybridized carbons (Fsp3) is 0.100. The third kappa shape index (κ3) is 3.60. The molecule has 0 radical (unpaired) electrons. The molecule has 0 bridgehead atoms. The Morgan fingerprint density at radius 2 is 1.93 bits per heavy atom. The number of nitrogens with zero attached hydrogens (tertiary/aromatic N) is 2. The van der Waals surface area contributed by atoms with Gasteiger partial charge in [0.2, 0.25) is 5.88 Å². The van der Waals surface area contributed by atoms with Crippen molar-refractivity contribution in [1.82, 2.24) is 15.0 Å². The summed E-state index contributed by atoms with van der Waals surface area (Å²) >= 11 is 7.53. The second-order valence-electron chi connectivity index (χ2n) is 5.87. The normalized spacial score (nSPS) is 12.1. The number of hydrogen-bond acceptors (Lipinski definition) is 5. The molecule has 4 rings (SSSR count). The molecule has 0 spiro atoms. The van der Waals surface area contributed by atoms with Gasteiger partial charge in [-0.05, 0) is 35.4 Å². The molecule has 0 saturated heterocycles. The first-order chi connectivity index (χ1) is 13.2. The molecule has 7 heteroatoms. The van der Waals surface area contributed by atoms with Crippen molar-refractivity contribution in [2.45, 2.75) is 6.10 Å². The Morgan fingerprint density at radius 1 is 1.11 bits per heavy atom. The molecule has 1 aromatic carbocycles. The molecule has 0 fully saturated rings. The van der Waals surface area contributed by atoms with Gasteiger partial charge in [0, 0.05) is 40.1 Å². The highest BCUT2D eigenvalue weighted by Crippen LogP contribution is 2.41. The number of nitrogens with one attached hydrogen (secondary N) is 1. The van der Waals surface area contributed by atoms with Crippen LogP contribution in [0.3, 0.4) is 0 Å². The zero-order valence-electron chi connectivity index (χ0n) is 14.4. The number of H-pyrrole nitrogens is 1. The lowest BCUT2D eigenvalue weighted by atomic mass is 10.0. The number of halogens is 1. The summed E-state index contributed by atoms with van der Waals surface area (Å²) in [5, 5.41) is 11.6. The Balaban J connectivity index is 1.82. The van der Waals surface area contributed by atoms with Crippen molar-refractivity contribution in [3.63, 3.8) is 0 Å². The summed E-state index contributed by atoms with van der Waals surface area (Å²) in [5.74, 6) is 1.26. The molecule has 0 amide bonds. The van der Waals surface area contributed by atoms with Crippen LogP contribution in [0.15, 0.2) is 61.1 Å². The molecule has 0 aliphatic rings. The quantitative estimate of drug-likeness (QED) is 0.500. The third-order valence-corrected chi connectivity index (χ3v) is 5.64. The predicted molar refractivity (Wildman–Crippen MR) is 107 cm³/mol. The van der Waals surface area contributed by atoms with Crippen LogP contribution in [-0.2, 0) is 0 Å². The smallest absolute Gasteiger partial charge is 0.213 e. The minimum atomic E-state index is -0.795. The van der Waals surface area contributed by atoms with Crippen LogP contribution < -0.4 is 4.74 Å². The number of aliphatic hydroxyl groups excluding tert-OH is 1. The standard InChI is InChI=1S/C20H16ClN3O2S/c1-26-17-10-13(6-7-22-17)16-11-15(19(27-16)20-23-8-9-24-20)18(25)12-2-4-14(21)5-3-12/h2-11,18,25H,1H3,(H,23,24). The molecule has 3 heterocycles. The minimum Gasteiger partial charge on any atom is -0.481 e. The van der Waals surface area contributed by atoms with Gasteiger partial charge in [-0.1, -0.05) is 23.7 Å². The maximum absolute atomic E-state index is 11.0. The minimum absolute atomic E-state index is 0.542. The molecule has 0 aliphatic heterocycles. The molecule has 136 valence electrons. The molecule has 27 heavy (non-hydrogen) atoms. The summed E-state index contributed by atoms with van der Waals surface area (Å²) in [6.45, 7) is 0. The lowest BCUT2D eigenvalue weighted by molar-refractivity contribution is 0.221. The molecule has 4 aromatic rings. The van der Waals surface area contributed by atoms with Crippen molar-refractivity contribution in [2.75, 3.05) is 7.11 Å². The lowest BCUT2D eigenvalue weighted by Gasteiger charge is -2.11. The molecule has 5 nitrogen and oxygen atoms in total. The van der Waals surface area contributed by atoms with E-state index in [1.54, 1.807) is 49.2 Å². The summed E-state index contributed by atoms with van der Waals surface area (Å²) in [6.07, 6.45) is 4.37. The van der Waals surface area contributed by atoms with Gasteiger partial charge in [-0.2, -0.15) is 0 Å². The SMILES string of the molecule is COc1cc(-c2cc(C(O)c3ccc(Cl)cc3)c(-c3ncc[nH]3)s2)ccn1. The largest absolute Gasteiger partial charge is 0.481 e. The molecule has 0 saturated carbocycles. The van der Waals surface area contributed by atoms with Crippen molar-refractivity contribution in [2.24, 2.45) is 0 Å². The fourth-order valence-electron chi connectivity index (χ4n) is 2.82. The number of methoxy groups -OCH3 is 1. The monoisotopic (exact) mass is 397 g/mol. The van der Waals surface area contributed by atoms with Crippen LogP contribution >= 0.6 is 22.9 Å². The first kappa shape index (κ1) is 17.7. The summed E-state index contributed by atoms with van der Waals surface area (Å²) < 4.78 is 5.23. The Labute approximate surface area is 165 Å². The van der Waals surface area contributed by atoms with E-state index in [2.05, 4.69) is 15.0 Å². The number of benzene rings is 1. The van der Waals surface area contributed by atoms with E-state index in [0.29, 0.717) is 10.9 Å². The summed E-state index contributed by atoms with van der Waals surface area (Å²) in [4.78, 5) is 13.5. The maximum Gasteiger partial charge on any atom is 0.213 e. The molecule has 2 N–H and O–H groups in total. The summed E-state index contributed by atoms with van der Waals surface area (Å²) in [6, 6.07) is 13.0. The first-order valence-electron chi connectivity index (χ1n) is 8.23. The van der Waals surface area contributed by atoms with Crippen molar-refractivity contribution in [3.05, 3.63) is 77.2 Å². The van der Waals surface area contributed by atoms with Crippen LogP contribution in [0, 0.1) is 0 Å². The average Bonchev–Trinajstić information content (AvgIpc) is 3.38. The number of pyridine rings is 1. The van der Waals surface area contributed by atoms with Crippen LogP contribution in [-0.4, -0.2) is 27.2 Å². The zero-order valence-corrected chi connectivity index (χ0v) is 16.0. The van der Waals surface area contributed by atoms with Crippen LogP contribution in [0.2, 0.25) is 5.02 Å². The number of thiophene rings is 1. The number of ether oxygens (including phenoxy) is 1. The van der Waals surface area contributed by atoms with Gasteiger partial charge in [0.15, 0.2) is 0 Å². The maximum atomic E-state index is 11.0. The van der Waals surface area contributed by atoms with Crippen LogP contribution in [0.1, 0.15) is 17.2 Å². The van der Waals surface area contributed by atoms with Gasteiger partial charge >= 0.3 is 0 Å². The number of hydrogen-bond donors (Lipinski definition) is 2. The van der Waals surface area contributed by atoms with E-state index < -0.39 is 6.10 Å². The summed E-state index contributed by atoms with van der Waals surface area (Å²) in [5.41, 5.74) is 2.51. The van der Waals surface area contributed by atoms with E-state index in [9.17, 15) is 5.11 Å². The first-order valence-corrected chi connectivity index (χ1v) is 9.42. The van der Waals surface area contributed by atoms with Gasteiger partial charge < -0.3 is 14.8 Å². The van der Waals surface area contributed by atoms with Gasteiger partial charge in [-0.15, -0.1) is 11.3 Å². The third-order valence-electron chi connectivity index (χ3n) is 4.18. The molecular weight excluding hydrogens is 382 g/mol. The number of rotatable bonds is 5. The van der Waals surface area contributed by atoms with E-state index in [1.807, 2.05) is 30.3 Å². The van der Waals surface area contributed by atoms with Crippen molar-refractivity contribution in [3.8, 4) is 27.0 Å². The fourth-order valence-corrected chi connectivity index (χ4v) is 4.10. The Morgan fingerprint density at radius 3 is 2.63 bits per heavy atom. The Hall–Kier alpha value is -2.67. The number of aliphatic hydroxyl groups is 1. The predicted octanol–water partition coefficient (Wildman–Crippen LogP) is 4.94. The number of aromatic amines is 1. The van der Waals surface area contributed by atoms with Crippen molar-refractivity contribution < 1.29 is 9.84 Å². The number of imidazole rings is 1. The van der Waals surface area contributed by atoms with Gasteiger partial charge in [-0.3, -0.25) is 0 Å². The van der Waals surface area contributed by atoms with Crippen molar-refractivity contribution in [1.29, 1.82) is 0 Å². The van der Waals surface area contributed by atoms with E-state index in [4.69, 9.17) is 16.3 Å². The zero-order chi connectivity index (χ0) is 18.8. The van der Waals surface area contributed by atoms with Gasteiger partial charge in [-0.25, -0.2) is 9.97 Å². The lowest BCUT2D eigenvalue weighted by Crippen LogP contribution is -1.99. The molecule has 3 aromatic heterocycles. The second kappa shape index (κ2) is 7.52. The van der Waals surface area contributed by atoms with Crippen LogP contribution in [0.4, 0.5) is 0 Å². The topological polar surface area (TPSA) is 71.0 Å². The van der Waals surface area contributed by atoms with E-state index in [-0.39, 0.29) is 0 Å².